The Kier molecular flexibility index (Phi) is 21.5. The predicted octanol–water partition coefficient (Wildman–Crippen LogP) is -1.86. The van der Waals surface area contributed by atoms with Crippen LogP contribution in [0.15, 0.2) is 0 Å². The Morgan fingerprint density at radius 3 is 1.48 bits per heavy atom. The van der Waals surface area contributed by atoms with Crippen LogP contribution in [0.3, 0.4) is 0 Å². The molecule has 0 radical (unpaired) electrons. The minimum absolute atomic E-state index is 0.108. The first kappa shape index (κ1) is 45.6. The number of carbonyl (C=O) groups excluding carboxylic acids is 8. The number of nitrogens with one attached hydrogen (secondary N) is 7. The van der Waals surface area contributed by atoms with Crippen molar-refractivity contribution < 1.29 is 43.1 Å². The number of nitrogens with zero attached hydrogens (tertiary/aromatic N) is 1. The lowest BCUT2D eigenvalue weighted by molar-refractivity contribution is -0.139. The highest BCUT2D eigenvalue weighted by Gasteiger charge is 2.28. The quantitative estimate of drug-likeness (QED) is 0.0366. The van der Waals surface area contributed by atoms with Crippen LogP contribution in [0.25, 0.3) is 0 Å². The van der Waals surface area contributed by atoms with Crippen molar-refractivity contribution >= 4 is 47.4 Å². The van der Waals surface area contributed by atoms with Gasteiger partial charge in [0.15, 0.2) is 0 Å². The molecule has 3 unspecified atom stereocenters. The van der Waals surface area contributed by atoms with Crippen LogP contribution < -0.4 is 48.7 Å². The third-order valence-corrected chi connectivity index (χ3v) is 8.93. The summed E-state index contributed by atoms with van der Waals surface area (Å²) in [5.74, 6) is -3.23. The number of hydrogen-bond donors (Lipinski definition) is 9. The van der Waals surface area contributed by atoms with Crippen molar-refractivity contribution in [3.05, 3.63) is 0 Å². The van der Waals surface area contributed by atoms with Crippen molar-refractivity contribution in [1.29, 1.82) is 0 Å². The second kappa shape index (κ2) is 25.5. The van der Waals surface area contributed by atoms with E-state index in [-0.39, 0.29) is 19.4 Å². The van der Waals surface area contributed by atoms with Crippen molar-refractivity contribution in [3.8, 4) is 0 Å². The molecule has 306 valence electrons. The zero-order chi connectivity index (χ0) is 39.9. The number of hydrogen-bond acceptors (Lipinski definition) is 11. The number of ether oxygens (including phenoxy) is 1. The average molecular weight is 767 g/mol. The lowest BCUT2D eigenvalue weighted by Crippen LogP contribution is -2.48. The second-order valence-electron chi connectivity index (χ2n) is 13.9. The molecule has 0 aliphatic heterocycles. The molecule has 0 aromatic carbocycles. The van der Waals surface area contributed by atoms with E-state index in [1.807, 2.05) is 0 Å². The first-order chi connectivity index (χ1) is 25.8. The average Bonchev–Trinajstić information content (AvgIpc) is 4.06. The topological polar surface area (TPSA) is 285 Å². The van der Waals surface area contributed by atoms with Gasteiger partial charge in [0, 0.05) is 51.6 Å². The molecule has 8 amide bonds. The van der Waals surface area contributed by atoms with E-state index in [0.29, 0.717) is 83.1 Å². The van der Waals surface area contributed by atoms with E-state index in [9.17, 15) is 38.4 Å². The second-order valence-corrected chi connectivity index (χ2v) is 13.9. The third kappa shape index (κ3) is 21.2. The largest absolute Gasteiger partial charge is 0.453 e. The smallest absolute Gasteiger partial charge is 0.406 e. The van der Waals surface area contributed by atoms with Gasteiger partial charge in [0.05, 0.1) is 19.2 Å². The number of nitrogens with two attached hydrogens (primary N) is 2. The Balaban J connectivity index is 1.86. The summed E-state index contributed by atoms with van der Waals surface area (Å²) in [5, 5.41) is 19.7. The first-order valence-corrected chi connectivity index (χ1v) is 19.1. The number of alkyl carbamates (subject to hydrolysis) is 1. The number of carbonyl (C=O) groups is 8. The maximum Gasteiger partial charge on any atom is 0.406 e. The predicted molar refractivity (Wildman–Crippen MR) is 198 cm³/mol. The molecule has 54 heavy (non-hydrogen) atoms. The van der Waals surface area contributed by atoms with E-state index in [4.69, 9.17) is 11.5 Å². The molecule has 0 aromatic rings. The molecule has 2 fully saturated rings. The Morgan fingerprint density at radius 1 is 0.630 bits per heavy atom. The van der Waals surface area contributed by atoms with Crippen LogP contribution in [0.4, 0.5) is 4.79 Å². The number of methoxy groups -OCH3 is 1. The Bertz CT molecular complexity index is 1210. The van der Waals surface area contributed by atoms with E-state index in [1.54, 1.807) is 0 Å². The molecule has 3 atom stereocenters. The van der Waals surface area contributed by atoms with Crippen LogP contribution in [-0.2, 0) is 38.3 Å². The van der Waals surface area contributed by atoms with Crippen molar-refractivity contribution in [1.82, 2.24) is 42.1 Å². The molecule has 11 N–H and O–H groups in total. The molecule has 0 bridgehead atoms. The van der Waals surface area contributed by atoms with Gasteiger partial charge in [-0.1, -0.05) is 0 Å². The zero-order valence-electron chi connectivity index (χ0n) is 31.8. The first-order valence-electron chi connectivity index (χ1n) is 19.1. The van der Waals surface area contributed by atoms with Crippen LogP contribution in [-0.4, -0.2) is 129 Å². The SMILES string of the molecule is COC(=O)NCCCCC(NC(C)=O)C(=O)NCCC(=O)N(CC(=O)NCCCCC(NC1CC1)C(N)=O)CC(=O)NCCCCC(NC1CC1)C(N)=O. The van der Waals surface area contributed by atoms with E-state index in [2.05, 4.69) is 42.0 Å². The summed E-state index contributed by atoms with van der Waals surface area (Å²) in [5.41, 5.74) is 11.0. The van der Waals surface area contributed by atoms with Crippen molar-refractivity contribution in [2.75, 3.05) is 46.4 Å². The lowest BCUT2D eigenvalue weighted by Gasteiger charge is -2.23. The molecule has 0 heterocycles. The minimum atomic E-state index is -0.867. The summed E-state index contributed by atoms with van der Waals surface area (Å²) in [4.78, 5) is 99.4. The van der Waals surface area contributed by atoms with Crippen LogP contribution in [0.1, 0.15) is 96.8 Å². The van der Waals surface area contributed by atoms with Gasteiger partial charge in [0.25, 0.3) is 0 Å². The van der Waals surface area contributed by atoms with Crippen molar-refractivity contribution in [2.24, 2.45) is 11.5 Å². The van der Waals surface area contributed by atoms with Gasteiger partial charge in [0.1, 0.15) is 19.1 Å². The number of primary amides is 2. The molecule has 2 aliphatic carbocycles. The van der Waals surface area contributed by atoms with E-state index in [0.717, 1.165) is 30.6 Å². The van der Waals surface area contributed by atoms with Gasteiger partial charge in [-0.05, 0) is 83.5 Å². The highest BCUT2D eigenvalue weighted by molar-refractivity contribution is 5.90. The van der Waals surface area contributed by atoms with E-state index >= 15 is 0 Å². The molecular weight excluding hydrogens is 704 g/mol. The van der Waals surface area contributed by atoms with Crippen LogP contribution in [0.2, 0.25) is 0 Å². The van der Waals surface area contributed by atoms with Crippen LogP contribution in [0.5, 0.6) is 0 Å². The molecule has 19 heteroatoms. The van der Waals surface area contributed by atoms with Gasteiger partial charge in [-0.15, -0.1) is 0 Å². The maximum absolute atomic E-state index is 13.3. The van der Waals surface area contributed by atoms with Crippen molar-refractivity contribution in [2.45, 2.75) is 127 Å². The van der Waals surface area contributed by atoms with Crippen LogP contribution in [0, 0.1) is 0 Å². The fraction of sp³-hybridized carbons (Fsp3) is 0.771. The molecule has 0 saturated heterocycles. The molecule has 0 spiro atoms. The maximum atomic E-state index is 13.3. The number of rotatable bonds is 30. The molecule has 2 rings (SSSR count). The van der Waals surface area contributed by atoms with Gasteiger partial charge in [0.2, 0.25) is 41.4 Å². The van der Waals surface area contributed by atoms with Crippen molar-refractivity contribution in [3.63, 3.8) is 0 Å². The van der Waals surface area contributed by atoms with E-state index in [1.165, 1.54) is 14.0 Å². The molecule has 2 aliphatic rings. The molecule has 19 nitrogen and oxygen atoms in total. The monoisotopic (exact) mass is 766 g/mol. The van der Waals surface area contributed by atoms with E-state index < -0.39 is 78.7 Å². The fourth-order valence-electron chi connectivity index (χ4n) is 5.60. The summed E-state index contributed by atoms with van der Waals surface area (Å²) in [6, 6.07) is -1.06. The summed E-state index contributed by atoms with van der Waals surface area (Å²) in [6.07, 6.45) is 8.12. The molecular formula is C35H62N10O9. The minimum Gasteiger partial charge on any atom is -0.453 e. The van der Waals surface area contributed by atoms with Gasteiger partial charge >= 0.3 is 6.09 Å². The number of unbranched alkanes of at least 4 members (excludes halogenated alkanes) is 3. The standard InChI is InChI=1S/C35H62N10O9/c1-23(46)42-28(11-5-8-19-41-35(53)54-2)34(52)40-20-16-31(49)45(21-29(47)38-17-6-3-9-26(32(36)50)43-24-12-13-24)22-30(48)39-18-7-4-10-27(33(37)51)44-25-14-15-25/h24-28,43-44H,3-22H2,1-2H3,(H2,36,50)(H2,37,51)(H,38,47)(H,39,48)(H,40,52)(H,41,53)(H,42,46). The summed E-state index contributed by atoms with van der Waals surface area (Å²) in [7, 11) is 1.25. The Morgan fingerprint density at radius 2 is 1.07 bits per heavy atom. The lowest BCUT2D eigenvalue weighted by atomic mass is 10.1. The summed E-state index contributed by atoms with van der Waals surface area (Å²) in [6.45, 7) is 1.30. The van der Waals surface area contributed by atoms with Gasteiger partial charge in [-0.2, -0.15) is 0 Å². The fourth-order valence-corrected chi connectivity index (χ4v) is 5.60. The molecule has 2 saturated carbocycles. The zero-order valence-corrected chi connectivity index (χ0v) is 31.8. The normalized spacial score (nSPS) is 15.1. The summed E-state index contributed by atoms with van der Waals surface area (Å²) >= 11 is 0. The van der Waals surface area contributed by atoms with Gasteiger partial charge in [-0.3, -0.25) is 33.6 Å². The number of amides is 8. The third-order valence-electron chi connectivity index (χ3n) is 8.93. The van der Waals surface area contributed by atoms with Crippen LogP contribution >= 0.6 is 0 Å². The Hall–Kier alpha value is -4.52. The van der Waals surface area contributed by atoms with Gasteiger partial charge < -0.3 is 58.3 Å². The molecule has 0 aromatic heterocycles. The Labute approximate surface area is 317 Å². The van der Waals surface area contributed by atoms with Gasteiger partial charge in [-0.25, -0.2) is 4.79 Å². The highest BCUT2D eigenvalue weighted by atomic mass is 16.5. The highest BCUT2D eigenvalue weighted by Crippen LogP contribution is 2.21. The summed E-state index contributed by atoms with van der Waals surface area (Å²) < 4.78 is 4.52.